The van der Waals surface area contributed by atoms with E-state index in [1.807, 2.05) is 24.4 Å². The van der Waals surface area contributed by atoms with E-state index in [0.717, 1.165) is 16.3 Å². The van der Waals surface area contributed by atoms with Gasteiger partial charge in [-0.3, -0.25) is 4.79 Å². The Hall–Kier alpha value is -3.20. The van der Waals surface area contributed by atoms with Crippen LogP contribution in [0.5, 0.6) is 0 Å². The number of esters is 1. The minimum absolute atomic E-state index is 0.0266. The number of carbonyl (C=O) groups excluding carboxylic acids is 2. The van der Waals surface area contributed by atoms with Crippen molar-refractivity contribution in [3.63, 3.8) is 0 Å². The van der Waals surface area contributed by atoms with Crippen molar-refractivity contribution in [1.82, 2.24) is 10.1 Å². The van der Waals surface area contributed by atoms with Crippen LogP contribution in [-0.2, 0) is 9.53 Å². The molecular formula is C17H16N4O4S. The molecule has 0 spiro atoms. The average Bonchev–Trinajstić information content (AvgIpc) is 3.19. The summed E-state index contributed by atoms with van der Waals surface area (Å²) in [6, 6.07) is 7.26. The molecule has 3 N–H and O–H groups in total. The van der Waals surface area contributed by atoms with E-state index in [9.17, 15) is 9.59 Å². The molecule has 9 heteroatoms. The Morgan fingerprint density at radius 2 is 2.15 bits per heavy atom. The summed E-state index contributed by atoms with van der Waals surface area (Å²) >= 11 is 1.55. The number of nitrogens with one attached hydrogen (secondary N) is 1. The summed E-state index contributed by atoms with van der Waals surface area (Å²) in [7, 11) is 0. The normalized spacial score (nSPS) is 10.5. The van der Waals surface area contributed by atoms with Crippen LogP contribution < -0.4 is 11.1 Å². The second-order valence-corrected chi connectivity index (χ2v) is 6.53. The van der Waals surface area contributed by atoms with Gasteiger partial charge in [-0.1, -0.05) is 17.3 Å². The van der Waals surface area contributed by atoms with Crippen molar-refractivity contribution in [3.8, 4) is 11.3 Å². The molecule has 0 saturated heterocycles. The van der Waals surface area contributed by atoms with Gasteiger partial charge in [0, 0.05) is 16.6 Å². The standard InChI is InChI=1S/C17H16N4O4S/c1-9-15(16(18)25-21-9)17(23)24-7-14(22)20-12-5-3-4-11(6-12)13-8-26-10(2)19-13/h3-6,8H,7,18H2,1-2H3,(H,20,22). The SMILES string of the molecule is Cc1nc(-c2cccc(NC(=O)COC(=O)c3c(C)noc3N)c2)cs1. The van der Waals surface area contributed by atoms with E-state index in [1.54, 1.807) is 30.4 Å². The topological polar surface area (TPSA) is 120 Å². The molecule has 0 atom stereocenters. The van der Waals surface area contributed by atoms with Crippen molar-refractivity contribution in [2.45, 2.75) is 13.8 Å². The Morgan fingerprint density at radius 3 is 2.81 bits per heavy atom. The molecule has 1 amide bonds. The van der Waals surface area contributed by atoms with E-state index >= 15 is 0 Å². The van der Waals surface area contributed by atoms with Crippen LogP contribution in [0.15, 0.2) is 34.2 Å². The molecule has 0 radical (unpaired) electrons. The Morgan fingerprint density at radius 1 is 1.35 bits per heavy atom. The molecule has 3 aromatic rings. The Labute approximate surface area is 153 Å². The molecule has 0 aliphatic rings. The largest absolute Gasteiger partial charge is 0.452 e. The van der Waals surface area contributed by atoms with E-state index in [4.69, 9.17) is 15.0 Å². The van der Waals surface area contributed by atoms with Gasteiger partial charge in [0.1, 0.15) is 5.56 Å². The number of carbonyl (C=O) groups is 2. The van der Waals surface area contributed by atoms with Crippen molar-refractivity contribution in [3.05, 3.63) is 45.9 Å². The highest BCUT2D eigenvalue weighted by molar-refractivity contribution is 7.09. The third-order valence-electron chi connectivity index (χ3n) is 3.49. The predicted octanol–water partition coefficient (Wildman–Crippen LogP) is 2.79. The zero-order valence-corrected chi connectivity index (χ0v) is 14.9. The van der Waals surface area contributed by atoms with Crippen LogP contribution in [0, 0.1) is 13.8 Å². The number of rotatable bonds is 5. The molecule has 0 aliphatic carbocycles. The maximum atomic E-state index is 12.0. The van der Waals surface area contributed by atoms with Gasteiger partial charge in [-0.15, -0.1) is 11.3 Å². The summed E-state index contributed by atoms with van der Waals surface area (Å²) in [5, 5.41) is 9.15. The van der Waals surface area contributed by atoms with E-state index in [1.165, 1.54) is 0 Å². The van der Waals surface area contributed by atoms with Crippen molar-refractivity contribution >= 4 is 34.8 Å². The maximum Gasteiger partial charge on any atom is 0.346 e. The van der Waals surface area contributed by atoms with Crippen molar-refractivity contribution < 1.29 is 18.8 Å². The number of nitrogens with two attached hydrogens (primary N) is 1. The van der Waals surface area contributed by atoms with Gasteiger partial charge in [-0.25, -0.2) is 9.78 Å². The Kier molecular flexibility index (Phi) is 4.99. The van der Waals surface area contributed by atoms with Crippen molar-refractivity contribution in [2.24, 2.45) is 0 Å². The summed E-state index contributed by atoms with van der Waals surface area (Å²) in [6.07, 6.45) is 0. The molecule has 0 fully saturated rings. The average molecular weight is 372 g/mol. The third-order valence-corrected chi connectivity index (χ3v) is 4.26. The molecule has 2 aromatic heterocycles. The lowest BCUT2D eigenvalue weighted by Gasteiger charge is -2.07. The van der Waals surface area contributed by atoms with Gasteiger partial charge < -0.3 is 20.3 Å². The van der Waals surface area contributed by atoms with Gasteiger partial charge in [0.25, 0.3) is 5.91 Å². The number of thiazole rings is 1. The maximum absolute atomic E-state index is 12.0. The lowest BCUT2D eigenvalue weighted by Crippen LogP contribution is -2.21. The first-order valence-electron chi connectivity index (χ1n) is 7.65. The number of aryl methyl sites for hydroxylation is 2. The first kappa shape index (κ1) is 17.6. The zero-order chi connectivity index (χ0) is 18.7. The highest BCUT2D eigenvalue weighted by Crippen LogP contribution is 2.24. The fourth-order valence-electron chi connectivity index (χ4n) is 2.29. The summed E-state index contributed by atoms with van der Waals surface area (Å²) in [5.41, 5.74) is 8.15. The molecule has 0 saturated carbocycles. The zero-order valence-electron chi connectivity index (χ0n) is 14.1. The minimum atomic E-state index is -0.761. The van der Waals surface area contributed by atoms with E-state index in [0.29, 0.717) is 11.4 Å². The van der Waals surface area contributed by atoms with Gasteiger partial charge in [0.05, 0.1) is 16.4 Å². The first-order chi connectivity index (χ1) is 12.4. The number of aromatic nitrogens is 2. The monoisotopic (exact) mass is 372 g/mol. The van der Waals surface area contributed by atoms with Crippen LogP contribution in [0.2, 0.25) is 0 Å². The number of amides is 1. The number of benzene rings is 1. The second-order valence-electron chi connectivity index (χ2n) is 5.46. The molecule has 1 aromatic carbocycles. The molecule has 0 aliphatic heterocycles. The number of nitrogens with zero attached hydrogens (tertiary/aromatic N) is 2. The fraction of sp³-hybridized carbons (Fsp3) is 0.176. The van der Waals surface area contributed by atoms with E-state index < -0.39 is 18.5 Å². The van der Waals surface area contributed by atoms with Crippen LogP contribution in [-0.4, -0.2) is 28.6 Å². The van der Waals surface area contributed by atoms with Gasteiger partial charge in [-0.05, 0) is 26.0 Å². The summed E-state index contributed by atoms with van der Waals surface area (Å²) in [4.78, 5) is 28.4. The van der Waals surface area contributed by atoms with Gasteiger partial charge in [0.2, 0.25) is 5.88 Å². The van der Waals surface area contributed by atoms with Gasteiger partial charge >= 0.3 is 5.97 Å². The van der Waals surface area contributed by atoms with E-state index in [2.05, 4.69) is 15.5 Å². The molecule has 134 valence electrons. The quantitative estimate of drug-likeness (QED) is 0.661. The van der Waals surface area contributed by atoms with Crippen LogP contribution in [0.3, 0.4) is 0 Å². The van der Waals surface area contributed by atoms with Crippen LogP contribution in [0.25, 0.3) is 11.3 Å². The number of hydrogen-bond donors (Lipinski definition) is 2. The number of nitrogen functional groups attached to an aromatic ring is 1. The summed E-state index contributed by atoms with van der Waals surface area (Å²) in [5.74, 6) is -1.38. The Bertz CT molecular complexity index is 944. The summed E-state index contributed by atoms with van der Waals surface area (Å²) in [6.45, 7) is 3.03. The molecule has 2 heterocycles. The van der Waals surface area contributed by atoms with E-state index in [-0.39, 0.29) is 11.4 Å². The van der Waals surface area contributed by atoms with Crippen LogP contribution in [0.1, 0.15) is 21.1 Å². The highest BCUT2D eigenvalue weighted by Gasteiger charge is 2.20. The summed E-state index contributed by atoms with van der Waals surface area (Å²) < 4.78 is 9.66. The molecule has 8 nitrogen and oxygen atoms in total. The number of hydrogen-bond acceptors (Lipinski definition) is 8. The van der Waals surface area contributed by atoms with Crippen LogP contribution in [0.4, 0.5) is 11.6 Å². The molecule has 0 unspecified atom stereocenters. The van der Waals surface area contributed by atoms with Gasteiger partial charge in [0.15, 0.2) is 6.61 Å². The van der Waals surface area contributed by atoms with Crippen LogP contribution >= 0.6 is 11.3 Å². The van der Waals surface area contributed by atoms with Gasteiger partial charge in [-0.2, -0.15) is 0 Å². The second kappa shape index (κ2) is 7.36. The lowest BCUT2D eigenvalue weighted by atomic mass is 10.1. The smallest absolute Gasteiger partial charge is 0.346 e. The minimum Gasteiger partial charge on any atom is -0.452 e. The van der Waals surface area contributed by atoms with Crippen molar-refractivity contribution in [2.75, 3.05) is 17.7 Å². The molecule has 0 bridgehead atoms. The Balaban J connectivity index is 1.61. The molecule has 26 heavy (non-hydrogen) atoms. The number of anilines is 2. The molecule has 3 rings (SSSR count). The lowest BCUT2D eigenvalue weighted by molar-refractivity contribution is -0.119. The number of ether oxygens (including phenoxy) is 1. The first-order valence-corrected chi connectivity index (χ1v) is 8.53. The van der Waals surface area contributed by atoms with Crippen molar-refractivity contribution in [1.29, 1.82) is 0 Å². The predicted molar refractivity (Wildman–Crippen MR) is 96.9 cm³/mol. The highest BCUT2D eigenvalue weighted by atomic mass is 32.1. The third kappa shape index (κ3) is 3.89. The molecular weight excluding hydrogens is 356 g/mol. The fourth-order valence-corrected chi connectivity index (χ4v) is 2.91.